The number of carbonyl (C=O) groups excluding carboxylic acids is 1. The number of aryl methyl sites for hydroxylation is 1. The van der Waals surface area contributed by atoms with Gasteiger partial charge in [0.2, 0.25) is 0 Å². The first kappa shape index (κ1) is 15.3. The molecule has 2 aromatic rings. The lowest BCUT2D eigenvalue weighted by atomic mass is 10.1. The molecule has 0 atom stereocenters. The Morgan fingerprint density at radius 3 is 2.74 bits per heavy atom. The van der Waals surface area contributed by atoms with Crippen LogP contribution in [0.1, 0.15) is 34.5 Å². The van der Waals surface area contributed by atoms with E-state index in [2.05, 4.69) is 0 Å². The molecule has 5 nitrogen and oxygen atoms in total. The molecule has 2 heterocycles. The smallest absolute Gasteiger partial charge is 0.341 e. The topological polar surface area (TPSA) is 57.5 Å². The lowest BCUT2D eigenvalue weighted by molar-refractivity contribution is 0.0594. The Balaban J connectivity index is 1.99. The van der Waals surface area contributed by atoms with Crippen molar-refractivity contribution in [2.45, 2.75) is 32.4 Å². The molecular formula is C18H19NO4. The molecule has 5 heteroatoms. The van der Waals surface area contributed by atoms with Crippen LogP contribution in [0, 0.1) is 0 Å². The third-order valence-corrected chi connectivity index (χ3v) is 4.04. The maximum absolute atomic E-state index is 12.7. The number of hydrogen-bond donors (Lipinski definition) is 0. The molecule has 120 valence electrons. The first-order valence-corrected chi connectivity index (χ1v) is 7.72. The molecule has 0 aliphatic carbocycles. The highest BCUT2D eigenvalue weighted by molar-refractivity contribution is 5.92. The van der Waals surface area contributed by atoms with Gasteiger partial charge in [0.05, 0.1) is 7.11 Å². The summed E-state index contributed by atoms with van der Waals surface area (Å²) in [4.78, 5) is 24.7. The van der Waals surface area contributed by atoms with Gasteiger partial charge in [-0.25, -0.2) is 4.79 Å². The largest absolute Gasteiger partial charge is 0.482 e. The van der Waals surface area contributed by atoms with Crippen molar-refractivity contribution in [1.82, 2.24) is 4.57 Å². The normalized spacial score (nSPS) is 13.3. The summed E-state index contributed by atoms with van der Waals surface area (Å²) in [6.45, 7) is 0.900. The van der Waals surface area contributed by atoms with Crippen molar-refractivity contribution in [3.05, 3.63) is 63.6 Å². The SMILES string of the molecule is COC(=O)c1cc2n(c(=O)c1OCc1ccccc1)CCCC2. The molecule has 0 amide bonds. The molecule has 1 aliphatic heterocycles. The molecule has 0 bridgehead atoms. The number of esters is 1. The maximum atomic E-state index is 12.7. The summed E-state index contributed by atoms with van der Waals surface area (Å²) in [7, 11) is 1.31. The Hall–Kier alpha value is -2.56. The van der Waals surface area contributed by atoms with Crippen LogP contribution < -0.4 is 10.3 Å². The van der Waals surface area contributed by atoms with E-state index in [0.717, 1.165) is 30.5 Å². The number of benzene rings is 1. The first-order chi connectivity index (χ1) is 11.2. The minimum absolute atomic E-state index is 0.0753. The van der Waals surface area contributed by atoms with E-state index >= 15 is 0 Å². The number of fused-ring (bicyclic) bond motifs is 1. The summed E-state index contributed by atoms with van der Waals surface area (Å²) < 4.78 is 12.2. The second kappa shape index (κ2) is 6.69. The second-order valence-electron chi connectivity index (χ2n) is 5.56. The van der Waals surface area contributed by atoms with Crippen molar-refractivity contribution in [3.63, 3.8) is 0 Å². The zero-order valence-corrected chi connectivity index (χ0v) is 13.1. The quantitative estimate of drug-likeness (QED) is 0.814. The van der Waals surface area contributed by atoms with Gasteiger partial charge in [0.1, 0.15) is 12.2 Å². The maximum Gasteiger partial charge on any atom is 0.341 e. The second-order valence-corrected chi connectivity index (χ2v) is 5.56. The third-order valence-electron chi connectivity index (χ3n) is 4.04. The van der Waals surface area contributed by atoms with E-state index in [4.69, 9.17) is 9.47 Å². The van der Waals surface area contributed by atoms with Gasteiger partial charge < -0.3 is 14.0 Å². The van der Waals surface area contributed by atoms with Gasteiger partial charge in [0.25, 0.3) is 5.56 Å². The van der Waals surface area contributed by atoms with Crippen LogP contribution in [0.5, 0.6) is 5.75 Å². The summed E-state index contributed by atoms with van der Waals surface area (Å²) >= 11 is 0. The summed E-state index contributed by atoms with van der Waals surface area (Å²) in [5.41, 5.74) is 1.76. The number of methoxy groups -OCH3 is 1. The Bertz CT molecular complexity index is 765. The van der Waals surface area contributed by atoms with Crippen molar-refractivity contribution >= 4 is 5.97 Å². The molecule has 0 N–H and O–H groups in total. The van der Waals surface area contributed by atoms with Crippen LogP contribution in [0.3, 0.4) is 0 Å². The summed E-state index contributed by atoms with van der Waals surface area (Å²) in [6, 6.07) is 11.3. The van der Waals surface area contributed by atoms with Gasteiger partial charge in [-0.2, -0.15) is 0 Å². The molecule has 1 aromatic heterocycles. The highest BCUT2D eigenvalue weighted by Gasteiger charge is 2.23. The van der Waals surface area contributed by atoms with Crippen LogP contribution >= 0.6 is 0 Å². The molecule has 0 spiro atoms. The third kappa shape index (κ3) is 3.13. The average molecular weight is 313 g/mol. The fourth-order valence-corrected chi connectivity index (χ4v) is 2.84. The lowest BCUT2D eigenvalue weighted by Crippen LogP contribution is -2.30. The molecule has 0 radical (unpaired) electrons. The summed E-state index contributed by atoms with van der Waals surface area (Å²) in [5.74, 6) is -0.467. The first-order valence-electron chi connectivity index (χ1n) is 7.72. The van der Waals surface area contributed by atoms with Crippen LogP contribution in [0.4, 0.5) is 0 Å². The Labute approximate surface area is 134 Å². The standard InChI is InChI=1S/C18H19NO4/c1-22-18(21)15-11-14-9-5-6-10-19(14)17(20)16(15)23-12-13-7-3-2-4-8-13/h2-4,7-8,11H,5-6,9-10,12H2,1H3. The van der Waals surface area contributed by atoms with Gasteiger partial charge in [0.15, 0.2) is 5.75 Å². The Morgan fingerprint density at radius 2 is 2.00 bits per heavy atom. The van der Waals surface area contributed by atoms with Gasteiger partial charge in [-0.15, -0.1) is 0 Å². The minimum Gasteiger partial charge on any atom is -0.482 e. The molecule has 23 heavy (non-hydrogen) atoms. The van der Waals surface area contributed by atoms with Gasteiger partial charge in [-0.05, 0) is 30.9 Å². The van der Waals surface area contributed by atoms with Crippen LogP contribution in [0.25, 0.3) is 0 Å². The number of hydrogen-bond acceptors (Lipinski definition) is 4. The van der Waals surface area contributed by atoms with Gasteiger partial charge >= 0.3 is 5.97 Å². The van der Waals surface area contributed by atoms with Gasteiger partial charge in [-0.1, -0.05) is 30.3 Å². The number of carbonyl (C=O) groups is 1. The van der Waals surface area contributed by atoms with E-state index < -0.39 is 5.97 Å². The van der Waals surface area contributed by atoms with Crippen LogP contribution in [0.2, 0.25) is 0 Å². The monoisotopic (exact) mass is 313 g/mol. The highest BCUT2D eigenvalue weighted by Crippen LogP contribution is 2.22. The minimum atomic E-state index is -0.542. The van der Waals surface area contributed by atoms with Gasteiger partial charge in [0, 0.05) is 12.2 Å². The number of nitrogens with zero attached hydrogens (tertiary/aromatic N) is 1. The van der Waals surface area contributed by atoms with Crippen molar-refractivity contribution in [1.29, 1.82) is 0 Å². The predicted octanol–water partition coefficient (Wildman–Crippen LogP) is 2.55. The molecule has 0 saturated heterocycles. The van der Waals surface area contributed by atoms with Crippen LogP contribution in [-0.2, 0) is 24.3 Å². The molecular weight excluding hydrogens is 294 g/mol. The Kier molecular flexibility index (Phi) is 4.46. The van der Waals surface area contributed by atoms with E-state index in [9.17, 15) is 9.59 Å². The van der Waals surface area contributed by atoms with E-state index in [0.29, 0.717) is 6.54 Å². The van der Waals surface area contributed by atoms with E-state index in [1.165, 1.54) is 7.11 Å². The fraction of sp³-hybridized carbons (Fsp3) is 0.333. The predicted molar refractivity (Wildman–Crippen MR) is 85.8 cm³/mol. The molecule has 0 fully saturated rings. The lowest BCUT2D eigenvalue weighted by Gasteiger charge is -2.21. The van der Waals surface area contributed by atoms with E-state index in [-0.39, 0.29) is 23.5 Å². The fourth-order valence-electron chi connectivity index (χ4n) is 2.84. The number of pyridine rings is 1. The molecule has 1 aromatic carbocycles. The molecule has 3 rings (SSSR count). The van der Waals surface area contributed by atoms with Crippen molar-refractivity contribution in [2.24, 2.45) is 0 Å². The van der Waals surface area contributed by atoms with E-state index in [1.807, 2.05) is 30.3 Å². The molecule has 0 saturated carbocycles. The zero-order chi connectivity index (χ0) is 16.2. The summed E-state index contributed by atoms with van der Waals surface area (Å²) in [6.07, 6.45) is 2.77. The highest BCUT2D eigenvalue weighted by atomic mass is 16.5. The molecule has 0 unspecified atom stereocenters. The van der Waals surface area contributed by atoms with Crippen LogP contribution in [-0.4, -0.2) is 17.6 Å². The average Bonchev–Trinajstić information content (AvgIpc) is 2.61. The van der Waals surface area contributed by atoms with Crippen molar-refractivity contribution in [2.75, 3.05) is 7.11 Å². The van der Waals surface area contributed by atoms with Crippen molar-refractivity contribution < 1.29 is 14.3 Å². The number of ether oxygens (including phenoxy) is 2. The number of rotatable bonds is 4. The van der Waals surface area contributed by atoms with Crippen LogP contribution in [0.15, 0.2) is 41.2 Å². The Morgan fingerprint density at radius 1 is 1.22 bits per heavy atom. The zero-order valence-electron chi connectivity index (χ0n) is 13.1. The van der Waals surface area contributed by atoms with Gasteiger partial charge in [-0.3, -0.25) is 4.79 Å². The summed E-state index contributed by atoms with van der Waals surface area (Å²) in [5, 5.41) is 0. The van der Waals surface area contributed by atoms with Crippen molar-refractivity contribution in [3.8, 4) is 5.75 Å². The van der Waals surface area contributed by atoms with E-state index in [1.54, 1.807) is 10.6 Å². The molecule has 1 aliphatic rings. The number of aromatic nitrogens is 1.